The largest absolute Gasteiger partial charge is 0.508 e. The summed E-state index contributed by atoms with van der Waals surface area (Å²) in [5.41, 5.74) is 1.42. The van der Waals surface area contributed by atoms with E-state index < -0.39 is 0 Å². The van der Waals surface area contributed by atoms with E-state index in [4.69, 9.17) is 6.42 Å². The van der Waals surface area contributed by atoms with Crippen molar-refractivity contribution in [3.05, 3.63) is 29.8 Å². The van der Waals surface area contributed by atoms with Gasteiger partial charge in [0.15, 0.2) is 0 Å². The smallest absolute Gasteiger partial charge is 0.115 e. The Bertz CT molecular complexity index is 449. The number of terminal acetylenes is 1. The van der Waals surface area contributed by atoms with Crippen LogP contribution in [-0.2, 0) is 5.41 Å². The van der Waals surface area contributed by atoms with Crippen molar-refractivity contribution < 1.29 is 5.11 Å². The number of hydrogen-bond acceptors (Lipinski definition) is 2. The summed E-state index contributed by atoms with van der Waals surface area (Å²) in [6.07, 6.45) is 8.84. The molecule has 1 heterocycles. The minimum Gasteiger partial charge on any atom is -0.508 e. The number of likely N-dealkylation sites (tertiary alicyclic amines) is 1. The summed E-state index contributed by atoms with van der Waals surface area (Å²) < 4.78 is 0. The molecule has 1 N–H and O–H groups in total. The van der Waals surface area contributed by atoms with E-state index in [-0.39, 0.29) is 5.41 Å². The molecule has 1 fully saturated rings. The normalized spacial score (nSPS) is 24.0. The Balaban J connectivity index is 2.26. The lowest BCUT2D eigenvalue weighted by Gasteiger charge is -2.29. The Kier molecular flexibility index (Phi) is 3.93. The Morgan fingerprint density at radius 3 is 3.00 bits per heavy atom. The molecule has 0 aliphatic carbocycles. The first-order chi connectivity index (χ1) is 8.70. The van der Waals surface area contributed by atoms with Crippen molar-refractivity contribution in [2.45, 2.75) is 31.6 Å². The van der Waals surface area contributed by atoms with Crippen LogP contribution in [0.25, 0.3) is 0 Å². The van der Waals surface area contributed by atoms with Gasteiger partial charge in [-0.25, -0.2) is 0 Å². The Hall–Kier alpha value is -1.46. The van der Waals surface area contributed by atoms with E-state index >= 15 is 0 Å². The van der Waals surface area contributed by atoms with Crippen molar-refractivity contribution >= 4 is 0 Å². The summed E-state index contributed by atoms with van der Waals surface area (Å²) in [5.74, 6) is 3.09. The van der Waals surface area contributed by atoms with Gasteiger partial charge < -0.3 is 5.11 Å². The van der Waals surface area contributed by atoms with Gasteiger partial charge in [-0.1, -0.05) is 31.4 Å². The second-order valence-corrected chi connectivity index (χ2v) is 5.25. The van der Waals surface area contributed by atoms with E-state index in [2.05, 4.69) is 23.8 Å². The van der Waals surface area contributed by atoms with E-state index in [9.17, 15) is 5.11 Å². The summed E-state index contributed by atoms with van der Waals surface area (Å²) in [7, 11) is 0. The lowest BCUT2D eigenvalue weighted by atomic mass is 9.76. The molecule has 1 aliphatic heterocycles. The molecule has 0 amide bonds. The third kappa shape index (κ3) is 2.52. The fourth-order valence-electron chi connectivity index (χ4n) is 3.12. The van der Waals surface area contributed by atoms with Crippen molar-refractivity contribution in [3.8, 4) is 18.1 Å². The van der Waals surface area contributed by atoms with Crippen LogP contribution in [0.3, 0.4) is 0 Å². The van der Waals surface area contributed by atoms with Crippen LogP contribution in [0.15, 0.2) is 24.3 Å². The molecule has 0 bridgehead atoms. The SMILES string of the molecule is C#CCN1CC[C@](CCC)(c2cccc(O)c2)C1. The Morgan fingerprint density at radius 2 is 2.33 bits per heavy atom. The zero-order chi connectivity index (χ0) is 13.0. The predicted octanol–water partition coefficient (Wildman–Crippen LogP) is 2.77. The average molecular weight is 243 g/mol. The quantitative estimate of drug-likeness (QED) is 0.822. The van der Waals surface area contributed by atoms with Crippen molar-refractivity contribution in [1.29, 1.82) is 0 Å². The van der Waals surface area contributed by atoms with Crippen LogP contribution >= 0.6 is 0 Å². The minimum atomic E-state index is 0.171. The van der Waals surface area contributed by atoms with Gasteiger partial charge in [0.2, 0.25) is 0 Å². The maximum absolute atomic E-state index is 9.68. The first-order valence-corrected chi connectivity index (χ1v) is 6.65. The summed E-state index contributed by atoms with van der Waals surface area (Å²) in [4.78, 5) is 2.33. The molecule has 2 nitrogen and oxygen atoms in total. The van der Waals surface area contributed by atoms with E-state index in [1.165, 1.54) is 5.56 Å². The summed E-state index contributed by atoms with van der Waals surface area (Å²) in [5, 5.41) is 9.68. The molecule has 0 saturated carbocycles. The van der Waals surface area contributed by atoms with Crippen molar-refractivity contribution in [2.75, 3.05) is 19.6 Å². The highest BCUT2D eigenvalue weighted by atomic mass is 16.3. The Labute approximate surface area is 110 Å². The Morgan fingerprint density at radius 1 is 1.50 bits per heavy atom. The molecule has 96 valence electrons. The molecule has 1 aromatic carbocycles. The van der Waals surface area contributed by atoms with Gasteiger partial charge in [-0.15, -0.1) is 6.42 Å². The van der Waals surface area contributed by atoms with Crippen LogP contribution in [0.2, 0.25) is 0 Å². The molecule has 0 unspecified atom stereocenters. The number of aromatic hydroxyl groups is 1. The van der Waals surface area contributed by atoms with E-state index in [0.717, 1.165) is 38.9 Å². The number of hydrogen-bond donors (Lipinski definition) is 1. The second kappa shape index (κ2) is 5.46. The zero-order valence-corrected chi connectivity index (χ0v) is 11.0. The third-order valence-electron chi connectivity index (χ3n) is 3.93. The molecule has 0 spiro atoms. The number of phenolic OH excluding ortho intramolecular Hbond substituents is 1. The molecule has 0 aromatic heterocycles. The molecule has 2 rings (SSSR count). The lowest BCUT2D eigenvalue weighted by molar-refractivity contribution is 0.330. The predicted molar refractivity (Wildman–Crippen MR) is 74.6 cm³/mol. The first kappa shape index (κ1) is 13.0. The van der Waals surface area contributed by atoms with Gasteiger partial charge >= 0.3 is 0 Å². The third-order valence-corrected chi connectivity index (χ3v) is 3.93. The molecule has 1 aromatic rings. The minimum absolute atomic E-state index is 0.171. The first-order valence-electron chi connectivity index (χ1n) is 6.65. The average Bonchev–Trinajstić information content (AvgIpc) is 2.75. The van der Waals surface area contributed by atoms with Gasteiger partial charge in [0.05, 0.1) is 6.54 Å². The molecular formula is C16H21NO. The van der Waals surface area contributed by atoms with Crippen molar-refractivity contribution in [3.63, 3.8) is 0 Å². The molecular weight excluding hydrogens is 222 g/mol. The standard InChI is InChI=1S/C16H21NO/c1-3-8-16(9-11-17(13-16)10-4-2)14-6-5-7-15(18)12-14/h2,5-7,12,18H,3,8-11,13H2,1H3/t16-/m0/s1. The van der Waals surface area contributed by atoms with E-state index in [1.54, 1.807) is 6.07 Å². The van der Waals surface area contributed by atoms with Gasteiger partial charge in [-0.05, 0) is 30.5 Å². The van der Waals surface area contributed by atoms with Crippen LogP contribution in [0, 0.1) is 12.3 Å². The maximum Gasteiger partial charge on any atom is 0.115 e. The number of rotatable bonds is 4. The van der Waals surface area contributed by atoms with E-state index in [0.29, 0.717) is 5.75 Å². The molecule has 1 saturated heterocycles. The number of phenols is 1. The summed E-state index contributed by atoms with van der Waals surface area (Å²) in [6, 6.07) is 7.72. The highest BCUT2D eigenvalue weighted by Crippen LogP contribution is 2.39. The fourth-order valence-corrected chi connectivity index (χ4v) is 3.12. The molecule has 18 heavy (non-hydrogen) atoms. The molecule has 1 atom stereocenters. The van der Waals surface area contributed by atoms with Crippen LogP contribution < -0.4 is 0 Å². The zero-order valence-electron chi connectivity index (χ0n) is 11.0. The summed E-state index contributed by atoms with van der Waals surface area (Å²) in [6.45, 7) is 5.01. The van der Waals surface area contributed by atoms with Crippen molar-refractivity contribution in [1.82, 2.24) is 4.90 Å². The number of nitrogens with zero attached hydrogens (tertiary/aromatic N) is 1. The lowest BCUT2D eigenvalue weighted by Crippen LogP contribution is -2.31. The van der Waals surface area contributed by atoms with E-state index in [1.807, 2.05) is 12.1 Å². The monoisotopic (exact) mass is 243 g/mol. The van der Waals surface area contributed by atoms with Gasteiger partial charge in [-0.2, -0.15) is 0 Å². The molecule has 2 heteroatoms. The van der Waals surface area contributed by atoms with Crippen LogP contribution in [0.5, 0.6) is 5.75 Å². The fraction of sp³-hybridized carbons (Fsp3) is 0.500. The van der Waals surface area contributed by atoms with Crippen molar-refractivity contribution in [2.24, 2.45) is 0 Å². The van der Waals surface area contributed by atoms with Gasteiger partial charge in [0.25, 0.3) is 0 Å². The second-order valence-electron chi connectivity index (χ2n) is 5.25. The number of benzene rings is 1. The summed E-state index contributed by atoms with van der Waals surface area (Å²) >= 11 is 0. The maximum atomic E-state index is 9.68. The van der Waals surface area contributed by atoms with Crippen LogP contribution in [0.1, 0.15) is 31.7 Å². The molecule has 0 radical (unpaired) electrons. The molecule has 1 aliphatic rings. The highest BCUT2D eigenvalue weighted by Gasteiger charge is 2.38. The van der Waals surface area contributed by atoms with Crippen LogP contribution in [-0.4, -0.2) is 29.6 Å². The van der Waals surface area contributed by atoms with Gasteiger partial charge in [0.1, 0.15) is 5.75 Å². The van der Waals surface area contributed by atoms with Crippen LogP contribution in [0.4, 0.5) is 0 Å². The van der Waals surface area contributed by atoms with Gasteiger partial charge in [-0.3, -0.25) is 4.90 Å². The van der Waals surface area contributed by atoms with Gasteiger partial charge in [0, 0.05) is 18.5 Å². The highest BCUT2D eigenvalue weighted by molar-refractivity contribution is 5.34. The topological polar surface area (TPSA) is 23.5 Å².